The summed E-state index contributed by atoms with van der Waals surface area (Å²) in [7, 11) is 0. The van der Waals surface area contributed by atoms with Crippen LogP contribution in [0.1, 0.15) is 16.7 Å². The first-order chi connectivity index (χ1) is 8.63. The number of rotatable bonds is 4. The zero-order valence-corrected chi connectivity index (χ0v) is 12.6. The smallest absolute Gasteiger partial charge is 0.0620 e. The van der Waals surface area contributed by atoms with Crippen LogP contribution in [0.4, 0.5) is 0 Å². The van der Waals surface area contributed by atoms with Gasteiger partial charge in [0, 0.05) is 3.57 Å². The number of aliphatic hydroxyl groups is 1. The zero-order chi connectivity index (χ0) is 13.0. The van der Waals surface area contributed by atoms with Gasteiger partial charge in [0.1, 0.15) is 0 Å². The van der Waals surface area contributed by atoms with Crippen LogP contribution in [0.25, 0.3) is 0 Å². The first-order valence-electron chi connectivity index (χ1n) is 6.11. The normalized spacial score (nSPS) is 12.4. The quantitative estimate of drug-likeness (QED) is 0.831. The summed E-state index contributed by atoms with van der Waals surface area (Å²) in [5.74, 6) is 0. The molecule has 0 amide bonds. The highest BCUT2D eigenvalue weighted by Crippen LogP contribution is 2.12. The van der Waals surface area contributed by atoms with Crippen molar-refractivity contribution in [2.75, 3.05) is 0 Å². The van der Waals surface area contributed by atoms with Gasteiger partial charge in [-0.25, -0.2) is 0 Å². The van der Waals surface area contributed by atoms with Crippen molar-refractivity contribution in [3.05, 3.63) is 68.8 Å². The first kappa shape index (κ1) is 13.6. The van der Waals surface area contributed by atoms with Crippen LogP contribution in [-0.4, -0.2) is 11.2 Å². The molecule has 0 saturated carbocycles. The molecule has 0 aliphatic rings. The molecular weight excluding hydrogens is 335 g/mol. The summed E-state index contributed by atoms with van der Waals surface area (Å²) in [4.78, 5) is 0. The van der Waals surface area contributed by atoms with E-state index in [-0.39, 0.29) is 6.10 Å². The summed E-state index contributed by atoms with van der Waals surface area (Å²) in [5.41, 5.74) is 3.64. The average molecular weight is 352 g/mol. The molecule has 0 aliphatic heterocycles. The number of benzene rings is 2. The lowest BCUT2D eigenvalue weighted by Gasteiger charge is -2.11. The minimum Gasteiger partial charge on any atom is -0.392 e. The van der Waals surface area contributed by atoms with Gasteiger partial charge in [-0.05, 0) is 65.6 Å². The second-order valence-corrected chi connectivity index (χ2v) is 5.92. The van der Waals surface area contributed by atoms with Crippen LogP contribution in [0.2, 0.25) is 0 Å². The summed E-state index contributed by atoms with van der Waals surface area (Å²) in [6.45, 7) is 2.08. The Morgan fingerprint density at radius 1 is 0.889 bits per heavy atom. The number of aryl methyl sites for hydroxylation is 1. The third kappa shape index (κ3) is 4.10. The lowest BCUT2D eigenvalue weighted by atomic mass is 10.0. The van der Waals surface area contributed by atoms with Crippen LogP contribution in [-0.2, 0) is 12.8 Å². The standard InChI is InChI=1S/C16H17IO/c1-12-2-4-13(5-3-12)10-16(18)11-14-6-8-15(17)9-7-14/h2-9,16,18H,10-11H2,1H3. The van der Waals surface area contributed by atoms with Crippen molar-refractivity contribution in [1.29, 1.82) is 0 Å². The molecule has 2 rings (SSSR count). The molecule has 0 saturated heterocycles. The first-order valence-corrected chi connectivity index (χ1v) is 7.19. The molecule has 1 atom stereocenters. The largest absolute Gasteiger partial charge is 0.392 e. The Balaban J connectivity index is 1.94. The fourth-order valence-electron chi connectivity index (χ4n) is 1.96. The van der Waals surface area contributed by atoms with Crippen molar-refractivity contribution in [1.82, 2.24) is 0 Å². The Bertz CT molecular complexity index is 440. The molecule has 0 heterocycles. The number of halogens is 1. The second kappa shape index (κ2) is 6.34. The highest BCUT2D eigenvalue weighted by atomic mass is 127. The van der Waals surface area contributed by atoms with Crippen LogP contribution >= 0.6 is 22.6 Å². The molecule has 2 aromatic rings. The third-order valence-electron chi connectivity index (χ3n) is 2.98. The van der Waals surface area contributed by atoms with E-state index in [0.29, 0.717) is 12.8 Å². The van der Waals surface area contributed by atoms with Crippen molar-refractivity contribution in [2.24, 2.45) is 0 Å². The Labute approximate surface area is 122 Å². The minimum atomic E-state index is -0.312. The van der Waals surface area contributed by atoms with Gasteiger partial charge in [-0.1, -0.05) is 42.0 Å². The molecule has 0 fully saturated rings. The minimum absolute atomic E-state index is 0.312. The fourth-order valence-corrected chi connectivity index (χ4v) is 2.32. The third-order valence-corrected chi connectivity index (χ3v) is 3.70. The van der Waals surface area contributed by atoms with E-state index in [1.54, 1.807) is 0 Å². The molecule has 0 radical (unpaired) electrons. The van der Waals surface area contributed by atoms with E-state index in [2.05, 4.69) is 78.0 Å². The van der Waals surface area contributed by atoms with Gasteiger partial charge in [-0.15, -0.1) is 0 Å². The van der Waals surface area contributed by atoms with Crippen LogP contribution in [0.3, 0.4) is 0 Å². The van der Waals surface area contributed by atoms with E-state index in [1.807, 2.05) is 0 Å². The highest BCUT2D eigenvalue weighted by molar-refractivity contribution is 14.1. The molecule has 94 valence electrons. The monoisotopic (exact) mass is 352 g/mol. The Morgan fingerprint density at radius 3 is 1.83 bits per heavy atom. The maximum Gasteiger partial charge on any atom is 0.0620 e. The summed E-state index contributed by atoms with van der Waals surface area (Å²) < 4.78 is 1.23. The van der Waals surface area contributed by atoms with Crippen molar-refractivity contribution < 1.29 is 5.11 Å². The Hall–Kier alpha value is -0.870. The van der Waals surface area contributed by atoms with Gasteiger partial charge in [0.05, 0.1) is 6.10 Å². The van der Waals surface area contributed by atoms with E-state index in [0.717, 1.165) is 0 Å². The molecule has 2 aromatic carbocycles. The SMILES string of the molecule is Cc1ccc(CC(O)Cc2ccc(I)cc2)cc1. The summed E-state index contributed by atoms with van der Waals surface area (Å²) >= 11 is 2.29. The molecule has 2 heteroatoms. The van der Waals surface area contributed by atoms with Gasteiger partial charge in [0.25, 0.3) is 0 Å². The van der Waals surface area contributed by atoms with Gasteiger partial charge in [0.15, 0.2) is 0 Å². The topological polar surface area (TPSA) is 20.2 Å². The Morgan fingerprint density at radius 2 is 1.33 bits per heavy atom. The van der Waals surface area contributed by atoms with Crippen molar-refractivity contribution in [3.63, 3.8) is 0 Å². The maximum atomic E-state index is 10.1. The average Bonchev–Trinajstić information content (AvgIpc) is 2.35. The highest BCUT2D eigenvalue weighted by Gasteiger charge is 2.06. The lowest BCUT2D eigenvalue weighted by molar-refractivity contribution is 0.175. The molecule has 18 heavy (non-hydrogen) atoms. The summed E-state index contributed by atoms with van der Waals surface area (Å²) in [6.07, 6.45) is 1.12. The number of hydrogen-bond acceptors (Lipinski definition) is 1. The van der Waals surface area contributed by atoms with Crippen molar-refractivity contribution in [3.8, 4) is 0 Å². The second-order valence-electron chi connectivity index (χ2n) is 4.67. The van der Waals surface area contributed by atoms with Crippen LogP contribution < -0.4 is 0 Å². The predicted octanol–water partition coefficient (Wildman–Crippen LogP) is 3.75. The van der Waals surface area contributed by atoms with E-state index < -0.39 is 0 Å². The van der Waals surface area contributed by atoms with Crippen LogP contribution in [0.15, 0.2) is 48.5 Å². The molecule has 1 unspecified atom stereocenters. The molecule has 0 spiro atoms. The molecule has 1 N–H and O–H groups in total. The summed E-state index contributed by atoms with van der Waals surface area (Å²) in [6, 6.07) is 16.7. The van der Waals surface area contributed by atoms with E-state index in [9.17, 15) is 5.11 Å². The number of hydrogen-bond donors (Lipinski definition) is 1. The molecule has 0 bridgehead atoms. The maximum absolute atomic E-state index is 10.1. The Kier molecular flexibility index (Phi) is 4.78. The van der Waals surface area contributed by atoms with Crippen molar-refractivity contribution in [2.45, 2.75) is 25.9 Å². The molecule has 0 aliphatic carbocycles. The predicted molar refractivity (Wildman–Crippen MR) is 83.8 cm³/mol. The molecular formula is C16H17IO. The van der Waals surface area contributed by atoms with E-state index in [1.165, 1.54) is 20.3 Å². The zero-order valence-electron chi connectivity index (χ0n) is 10.4. The van der Waals surface area contributed by atoms with Gasteiger partial charge in [-0.3, -0.25) is 0 Å². The van der Waals surface area contributed by atoms with E-state index in [4.69, 9.17) is 0 Å². The molecule has 1 nitrogen and oxygen atoms in total. The molecule has 0 aromatic heterocycles. The van der Waals surface area contributed by atoms with Gasteiger partial charge in [-0.2, -0.15) is 0 Å². The van der Waals surface area contributed by atoms with Gasteiger partial charge in [0.2, 0.25) is 0 Å². The number of aliphatic hydroxyl groups excluding tert-OH is 1. The fraction of sp³-hybridized carbons (Fsp3) is 0.250. The van der Waals surface area contributed by atoms with Gasteiger partial charge < -0.3 is 5.11 Å². The van der Waals surface area contributed by atoms with Crippen LogP contribution in [0.5, 0.6) is 0 Å². The van der Waals surface area contributed by atoms with Crippen LogP contribution in [0, 0.1) is 10.5 Å². The summed E-state index contributed by atoms with van der Waals surface area (Å²) in [5, 5.41) is 10.1. The van der Waals surface area contributed by atoms with Crippen molar-refractivity contribution >= 4 is 22.6 Å². The van der Waals surface area contributed by atoms with Gasteiger partial charge >= 0.3 is 0 Å². The van der Waals surface area contributed by atoms with E-state index >= 15 is 0 Å². The lowest BCUT2D eigenvalue weighted by Crippen LogP contribution is -2.13.